The van der Waals surface area contributed by atoms with Crippen LogP contribution in [0.1, 0.15) is 5.69 Å². The Morgan fingerprint density at radius 1 is 0.875 bits per heavy atom. The van der Waals surface area contributed by atoms with Gasteiger partial charge in [-0.15, -0.1) is 0 Å². The molecule has 0 fully saturated rings. The van der Waals surface area contributed by atoms with Crippen molar-refractivity contribution in [2.75, 3.05) is 7.11 Å². The molecule has 0 atom stereocenters. The molecular formula is C21H17NO2. The van der Waals surface area contributed by atoms with E-state index in [4.69, 9.17) is 4.74 Å². The monoisotopic (exact) mass is 315 g/mol. The number of benzene rings is 2. The molecule has 3 heteroatoms. The third kappa shape index (κ3) is 2.17. The highest BCUT2D eigenvalue weighted by atomic mass is 16.5. The molecule has 0 radical (unpaired) electrons. The van der Waals surface area contributed by atoms with Crippen LogP contribution in [0.5, 0.6) is 5.75 Å². The summed E-state index contributed by atoms with van der Waals surface area (Å²) in [4.78, 5) is 12.7. The van der Waals surface area contributed by atoms with Crippen molar-refractivity contribution >= 4 is 16.4 Å². The highest BCUT2D eigenvalue weighted by Crippen LogP contribution is 2.27. The maximum Gasteiger partial charge on any atom is 0.190 e. The van der Waals surface area contributed by atoms with Gasteiger partial charge in [0.1, 0.15) is 5.75 Å². The van der Waals surface area contributed by atoms with Crippen LogP contribution in [0.15, 0.2) is 71.5 Å². The Morgan fingerprint density at radius 2 is 1.62 bits per heavy atom. The van der Waals surface area contributed by atoms with Gasteiger partial charge in [0.2, 0.25) is 0 Å². The highest BCUT2D eigenvalue weighted by Gasteiger charge is 2.12. The number of para-hydroxylation sites is 1. The summed E-state index contributed by atoms with van der Waals surface area (Å²) in [7, 11) is 1.64. The summed E-state index contributed by atoms with van der Waals surface area (Å²) in [5.41, 5.74) is 4.60. The van der Waals surface area contributed by atoms with Crippen LogP contribution in [0.25, 0.3) is 27.5 Å². The molecule has 0 aliphatic heterocycles. The molecule has 118 valence electrons. The lowest BCUT2D eigenvalue weighted by atomic mass is 10.0. The number of rotatable bonds is 2. The minimum Gasteiger partial charge on any atom is -0.497 e. The van der Waals surface area contributed by atoms with E-state index in [1.54, 1.807) is 13.2 Å². The molecule has 0 amide bonds. The van der Waals surface area contributed by atoms with Gasteiger partial charge in [-0.05, 0) is 42.1 Å². The molecule has 4 aromatic rings. The smallest absolute Gasteiger partial charge is 0.190 e. The Hall–Kier alpha value is -3.07. The molecule has 0 aliphatic carbocycles. The summed E-state index contributed by atoms with van der Waals surface area (Å²) >= 11 is 0. The highest BCUT2D eigenvalue weighted by molar-refractivity contribution is 5.89. The van der Waals surface area contributed by atoms with Crippen LogP contribution in [-0.2, 0) is 0 Å². The standard InChI is InChI=1S/C21H17NO2/c1-14-13-20(23)21(16-7-10-17(24-2)11-8-16)19-12-9-15-5-3-4-6-18(15)22(14)19/h3-13H,1-2H3. The summed E-state index contributed by atoms with van der Waals surface area (Å²) < 4.78 is 7.37. The molecule has 3 nitrogen and oxygen atoms in total. The van der Waals surface area contributed by atoms with E-state index in [1.165, 1.54) is 0 Å². The second-order valence-electron chi connectivity index (χ2n) is 5.87. The van der Waals surface area contributed by atoms with Crippen LogP contribution in [0, 0.1) is 6.92 Å². The molecule has 2 aromatic carbocycles. The number of pyridine rings is 2. The van der Waals surface area contributed by atoms with Crippen molar-refractivity contribution in [2.24, 2.45) is 0 Å². The van der Waals surface area contributed by atoms with Crippen LogP contribution in [-0.4, -0.2) is 11.5 Å². The van der Waals surface area contributed by atoms with E-state index in [0.717, 1.165) is 33.4 Å². The Bertz CT molecular complexity index is 1110. The zero-order chi connectivity index (χ0) is 16.7. The summed E-state index contributed by atoms with van der Waals surface area (Å²) in [6.45, 7) is 1.97. The summed E-state index contributed by atoms with van der Waals surface area (Å²) in [6, 6.07) is 21.6. The first-order valence-electron chi connectivity index (χ1n) is 7.87. The van der Waals surface area contributed by atoms with Crippen LogP contribution in [0.3, 0.4) is 0 Å². The molecule has 0 N–H and O–H groups in total. The number of hydrogen-bond donors (Lipinski definition) is 0. The molecule has 4 rings (SSSR count). The van der Waals surface area contributed by atoms with Crippen LogP contribution < -0.4 is 10.2 Å². The molecule has 0 saturated carbocycles. The van der Waals surface area contributed by atoms with Gasteiger partial charge >= 0.3 is 0 Å². The number of methoxy groups -OCH3 is 1. The van der Waals surface area contributed by atoms with Crippen LogP contribution in [0.2, 0.25) is 0 Å². The summed E-state index contributed by atoms with van der Waals surface area (Å²) in [5.74, 6) is 0.778. The second-order valence-corrected chi connectivity index (χ2v) is 5.87. The van der Waals surface area contributed by atoms with E-state index < -0.39 is 0 Å². The van der Waals surface area contributed by atoms with E-state index >= 15 is 0 Å². The maximum atomic E-state index is 12.7. The Kier molecular flexibility index (Phi) is 3.35. The van der Waals surface area contributed by atoms with Crippen molar-refractivity contribution in [3.05, 3.63) is 82.6 Å². The van der Waals surface area contributed by atoms with Gasteiger partial charge in [-0.25, -0.2) is 0 Å². The fourth-order valence-corrected chi connectivity index (χ4v) is 3.28. The van der Waals surface area contributed by atoms with E-state index in [1.807, 2.05) is 49.4 Å². The SMILES string of the molecule is COc1ccc(-c2c(=O)cc(C)n3c2ccc2ccccc23)cc1. The first-order chi connectivity index (χ1) is 11.7. The molecular weight excluding hydrogens is 298 g/mol. The van der Waals surface area contributed by atoms with Gasteiger partial charge < -0.3 is 9.14 Å². The van der Waals surface area contributed by atoms with Crippen molar-refractivity contribution in [2.45, 2.75) is 6.92 Å². The molecule has 24 heavy (non-hydrogen) atoms. The quantitative estimate of drug-likeness (QED) is 0.512. The minimum atomic E-state index is 0.0351. The van der Waals surface area contributed by atoms with Gasteiger partial charge in [0.05, 0.1) is 23.7 Å². The molecule has 0 spiro atoms. The van der Waals surface area contributed by atoms with Gasteiger partial charge in [0.15, 0.2) is 5.43 Å². The van der Waals surface area contributed by atoms with Crippen molar-refractivity contribution in [1.82, 2.24) is 4.40 Å². The fraction of sp³-hybridized carbons (Fsp3) is 0.0952. The average molecular weight is 315 g/mol. The first kappa shape index (κ1) is 14.5. The average Bonchev–Trinajstić information content (AvgIpc) is 2.61. The Labute approximate surface area is 139 Å². The summed E-state index contributed by atoms with van der Waals surface area (Å²) in [5, 5.41) is 1.15. The number of hydrogen-bond acceptors (Lipinski definition) is 2. The predicted octanol–water partition coefficient (Wildman–Crippen LogP) is 4.44. The van der Waals surface area contributed by atoms with Crippen molar-refractivity contribution < 1.29 is 4.74 Å². The lowest BCUT2D eigenvalue weighted by Gasteiger charge is -2.14. The largest absolute Gasteiger partial charge is 0.497 e. The van der Waals surface area contributed by atoms with Gasteiger partial charge in [0, 0.05) is 11.8 Å². The van der Waals surface area contributed by atoms with E-state index in [2.05, 4.69) is 22.6 Å². The second kappa shape index (κ2) is 5.53. The van der Waals surface area contributed by atoms with Gasteiger partial charge in [0.25, 0.3) is 0 Å². The number of aromatic nitrogens is 1. The van der Waals surface area contributed by atoms with Crippen molar-refractivity contribution in [3.8, 4) is 16.9 Å². The third-order valence-corrected chi connectivity index (χ3v) is 4.41. The third-order valence-electron chi connectivity index (χ3n) is 4.41. The van der Waals surface area contributed by atoms with Crippen LogP contribution >= 0.6 is 0 Å². The predicted molar refractivity (Wildman–Crippen MR) is 97.9 cm³/mol. The van der Waals surface area contributed by atoms with Crippen molar-refractivity contribution in [3.63, 3.8) is 0 Å². The van der Waals surface area contributed by atoms with E-state index in [9.17, 15) is 4.79 Å². The van der Waals surface area contributed by atoms with E-state index in [0.29, 0.717) is 5.56 Å². The Balaban J connectivity index is 2.11. The van der Waals surface area contributed by atoms with E-state index in [-0.39, 0.29) is 5.43 Å². The zero-order valence-corrected chi connectivity index (χ0v) is 13.6. The maximum absolute atomic E-state index is 12.7. The lowest BCUT2D eigenvalue weighted by molar-refractivity contribution is 0.415. The first-order valence-corrected chi connectivity index (χ1v) is 7.87. The zero-order valence-electron chi connectivity index (χ0n) is 13.6. The lowest BCUT2D eigenvalue weighted by Crippen LogP contribution is -2.10. The summed E-state index contributed by atoms with van der Waals surface area (Å²) in [6.07, 6.45) is 0. The van der Waals surface area contributed by atoms with Crippen LogP contribution in [0.4, 0.5) is 0 Å². The molecule has 0 aliphatic rings. The normalized spacial score (nSPS) is 11.1. The van der Waals surface area contributed by atoms with Crippen molar-refractivity contribution in [1.29, 1.82) is 0 Å². The number of fused-ring (bicyclic) bond motifs is 3. The molecule has 0 saturated heterocycles. The molecule has 2 aromatic heterocycles. The molecule has 2 heterocycles. The number of ether oxygens (including phenoxy) is 1. The molecule has 0 bridgehead atoms. The Morgan fingerprint density at radius 3 is 2.38 bits per heavy atom. The topological polar surface area (TPSA) is 30.7 Å². The van der Waals surface area contributed by atoms with Gasteiger partial charge in [-0.2, -0.15) is 0 Å². The van der Waals surface area contributed by atoms with Gasteiger partial charge in [-0.1, -0.05) is 36.4 Å². The minimum absolute atomic E-state index is 0.0351. The number of aryl methyl sites for hydroxylation is 1. The van der Waals surface area contributed by atoms with Gasteiger partial charge in [-0.3, -0.25) is 4.79 Å². The molecule has 0 unspecified atom stereocenters. The number of nitrogens with zero attached hydrogens (tertiary/aromatic N) is 1. The fourth-order valence-electron chi connectivity index (χ4n) is 3.28.